The maximum Gasteiger partial charge on any atom is 0.274 e. The zero-order chi connectivity index (χ0) is 21.8. The van der Waals surface area contributed by atoms with Crippen molar-refractivity contribution >= 4 is 22.9 Å². The molecule has 8 heteroatoms. The van der Waals surface area contributed by atoms with Crippen LogP contribution >= 0.6 is 11.3 Å². The number of carbonyl (C=O) groups excluding carboxylic acids is 1. The van der Waals surface area contributed by atoms with Gasteiger partial charge in [0.05, 0.1) is 29.5 Å². The van der Waals surface area contributed by atoms with E-state index in [1.165, 1.54) is 0 Å². The molecule has 1 amide bonds. The van der Waals surface area contributed by atoms with E-state index in [9.17, 15) is 4.79 Å². The van der Waals surface area contributed by atoms with Crippen LogP contribution < -0.4 is 10.1 Å². The summed E-state index contributed by atoms with van der Waals surface area (Å²) in [4.78, 5) is 29.4. The van der Waals surface area contributed by atoms with Gasteiger partial charge in [-0.2, -0.15) is 0 Å². The lowest BCUT2D eigenvalue weighted by Gasteiger charge is -2.34. The Kier molecular flexibility index (Phi) is 6.58. The summed E-state index contributed by atoms with van der Waals surface area (Å²) < 4.78 is 5.34. The number of nitrogens with zero attached hydrogens (tertiary/aromatic N) is 4. The number of aromatic nitrogens is 3. The molecule has 7 nitrogen and oxygen atoms in total. The molecule has 1 aliphatic rings. The highest BCUT2D eigenvalue weighted by Crippen LogP contribution is 2.31. The van der Waals surface area contributed by atoms with Gasteiger partial charge < -0.3 is 10.1 Å². The fourth-order valence-electron chi connectivity index (χ4n) is 3.95. The number of rotatable bonds is 6. The molecule has 2 aromatic heterocycles. The van der Waals surface area contributed by atoms with E-state index in [1.807, 2.05) is 38.1 Å². The summed E-state index contributed by atoms with van der Waals surface area (Å²) in [6.45, 7) is 5.68. The van der Waals surface area contributed by atoms with E-state index in [1.54, 1.807) is 24.5 Å². The topological polar surface area (TPSA) is 80.2 Å². The molecule has 1 aromatic carbocycles. The Hall–Kier alpha value is -2.84. The smallest absolute Gasteiger partial charge is 0.274 e. The number of para-hydroxylation sites is 2. The molecule has 1 atom stereocenters. The van der Waals surface area contributed by atoms with Crippen molar-refractivity contribution in [2.45, 2.75) is 45.7 Å². The average Bonchev–Trinajstić information content (AvgIpc) is 3.18. The van der Waals surface area contributed by atoms with E-state index in [2.05, 4.69) is 25.6 Å². The maximum absolute atomic E-state index is 13.0. The number of benzene rings is 1. The normalized spacial score (nSPS) is 16.8. The molecule has 0 saturated carbocycles. The molecule has 0 radical (unpaired) electrons. The van der Waals surface area contributed by atoms with Crippen molar-refractivity contribution in [3.05, 3.63) is 63.6 Å². The molecule has 1 saturated heterocycles. The minimum absolute atomic E-state index is 0.0773. The third kappa shape index (κ3) is 5.08. The van der Waals surface area contributed by atoms with Gasteiger partial charge in [0.15, 0.2) is 0 Å². The van der Waals surface area contributed by atoms with Crippen LogP contribution in [0.5, 0.6) is 5.75 Å². The fourth-order valence-corrected chi connectivity index (χ4v) is 4.56. The molecule has 0 aliphatic carbocycles. The second kappa shape index (κ2) is 9.53. The molecule has 3 aromatic rings. The van der Waals surface area contributed by atoms with E-state index >= 15 is 0 Å². The van der Waals surface area contributed by atoms with Crippen molar-refractivity contribution in [1.82, 2.24) is 19.9 Å². The number of anilines is 1. The van der Waals surface area contributed by atoms with E-state index in [4.69, 9.17) is 9.72 Å². The Labute approximate surface area is 186 Å². The number of piperidine rings is 1. The monoisotopic (exact) mass is 437 g/mol. The number of carbonyl (C=O) groups is 1. The molecule has 31 heavy (non-hydrogen) atoms. The van der Waals surface area contributed by atoms with E-state index in [0.717, 1.165) is 48.7 Å². The minimum Gasteiger partial charge on any atom is -0.495 e. The average molecular weight is 438 g/mol. The van der Waals surface area contributed by atoms with Crippen LogP contribution in [0, 0.1) is 13.8 Å². The summed E-state index contributed by atoms with van der Waals surface area (Å²) in [6, 6.07) is 9.15. The van der Waals surface area contributed by atoms with Gasteiger partial charge in [-0.1, -0.05) is 18.6 Å². The Morgan fingerprint density at radius 3 is 2.84 bits per heavy atom. The number of amides is 1. The van der Waals surface area contributed by atoms with Crippen molar-refractivity contribution in [1.29, 1.82) is 0 Å². The van der Waals surface area contributed by atoms with Crippen molar-refractivity contribution in [3.63, 3.8) is 0 Å². The van der Waals surface area contributed by atoms with Gasteiger partial charge in [-0.05, 0) is 51.4 Å². The maximum atomic E-state index is 13.0. The van der Waals surface area contributed by atoms with Crippen LogP contribution in [-0.4, -0.2) is 39.4 Å². The summed E-state index contributed by atoms with van der Waals surface area (Å²) >= 11 is 1.67. The summed E-state index contributed by atoms with van der Waals surface area (Å²) in [5.41, 5.74) is 2.84. The molecule has 1 fully saturated rings. The lowest BCUT2D eigenvalue weighted by molar-refractivity contribution is 0.101. The van der Waals surface area contributed by atoms with Crippen LogP contribution in [0.2, 0.25) is 0 Å². The highest BCUT2D eigenvalue weighted by molar-refractivity contribution is 7.09. The van der Waals surface area contributed by atoms with Crippen molar-refractivity contribution in [2.24, 2.45) is 0 Å². The first-order valence-corrected chi connectivity index (χ1v) is 11.4. The van der Waals surface area contributed by atoms with Crippen molar-refractivity contribution < 1.29 is 9.53 Å². The van der Waals surface area contributed by atoms with Crippen LogP contribution in [0.1, 0.15) is 58.0 Å². The first kappa shape index (κ1) is 21.4. The van der Waals surface area contributed by atoms with Crippen LogP contribution in [0.4, 0.5) is 5.69 Å². The number of thiazole rings is 1. The molecule has 4 rings (SSSR count). The van der Waals surface area contributed by atoms with Gasteiger partial charge >= 0.3 is 0 Å². The van der Waals surface area contributed by atoms with Gasteiger partial charge in [-0.25, -0.2) is 15.0 Å². The van der Waals surface area contributed by atoms with Crippen LogP contribution in [0.15, 0.2) is 35.7 Å². The van der Waals surface area contributed by atoms with Gasteiger partial charge in [-0.3, -0.25) is 9.69 Å². The van der Waals surface area contributed by atoms with Crippen LogP contribution in [0.25, 0.3) is 0 Å². The van der Waals surface area contributed by atoms with Gasteiger partial charge in [-0.15, -0.1) is 11.3 Å². The Balaban J connectivity index is 1.57. The molecular weight excluding hydrogens is 410 g/mol. The second-order valence-corrected chi connectivity index (χ2v) is 8.81. The van der Waals surface area contributed by atoms with Gasteiger partial charge in [0.2, 0.25) is 0 Å². The number of hydrogen-bond donors (Lipinski definition) is 1. The first-order chi connectivity index (χ1) is 15.0. The second-order valence-electron chi connectivity index (χ2n) is 7.75. The standard InChI is InChI=1S/C23H27N5O2S/c1-15-12-19(23(29)27-18-8-4-5-10-21(18)30-3)26-22(24-15)20-9-6-7-11-28(20)13-17-14-31-16(2)25-17/h4-5,8,10,12,14,20H,6-7,9,11,13H2,1-3H3,(H,27,29). The molecular formula is C23H27N5O2S. The minimum atomic E-state index is -0.270. The predicted octanol–water partition coefficient (Wildman–Crippen LogP) is 4.54. The fraction of sp³-hybridized carbons (Fsp3) is 0.391. The molecule has 162 valence electrons. The zero-order valence-corrected chi connectivity index (χ0v) is 18.9. The SMILES string of the molecule is COc1ccccc1NC(=O)c1cc(C)nc(C2CCCCN2Cc2csc(C)n2)n1. The first-order valence-electron chi connectivity index (χ1n) is 10.5. The molecule has 1 unspecified atom stereocenters. The molecule has 0 bridgehead atoms. The highest BCUT2D eigenvalue weighted by Gasteiger charge is 2.28. The quantitative estimate of drug-likeness (QED) is 0.610. The summed E-state index contributed by atoms with van der Waals surface area (Å²) in [6.07, 6.45) is 3.24. The van der Waals surface area contributed by atoms with Crippen LogP contribution in [-0.2, 0) is 6.54 Å². The van der Waals surface area contributed by atoms with Gasteiger partial charge in [0.25, 0.3) is 5.91 Å². The van der Waals surface area contributed by atoms with E-state index in [0.29, 0.717) is 23.0 Å². The summed E-state index contributed by atoms with van der Waals surface area (Å²) in [5.74, 6) is 1.05. The number of nitrogens with one attached hydrogen (secondary N) is 1. The highest BCUT2D eigenvalue weighted by atomic mass is 32.1. The Morgan fingerprint density at radius 1 is 1.23 bits per heavy atom. The lowest BCUT2D eigenvalue weighted by Crippen LogP contribution is -2.34. The van der Waals surface area contributed by atoms with E-state index in [-0.39, 0.29) is 11.9 Å². The van der Waals surface area contributed by atoms with Crippen LogP contribution in [0.3, 0.4) is 0 Å². The molecule has 0 spiro atoms. The molecule has 3 heterocycles. The number of ether oxygens (including phenoxy) is 1. The largest absolute Gasteiger partial charge is 0.495 e. The van der Waals surface area contributed by atoms with E-state index < -0.39 is 0 Å². The van der Waals surface area contributed by atoms with Crippen molar-refractivity contribution in [2.75, 3.05) is 19.0 Å². The lowest BCUT2D eigenvalue weighted by atomic mass is 10.0. The third-order valence-corrected chi connectivity index (χ3v) is 6.23. The number of likely N-dealkylation sites (tertiary alicyclic amines) is 1. The predicted molar refractivity (Wildman–Crippen MR) is 122 cm³/mol. The Morgan fingerprint density at radius 2 is 2.06 bits per heavy atom. The number of hydrogen-bond acceptors (Lipinski definition) is 7. The van der Waals surface area contributed by atoms with Gasteiger partial charge in [0.1, 0.15) is 17.3 Å². The van der Waals surface area contributed by atoms with Gasteiger partial charge in [0, 0.05) is 17.6 Å². The summed E-state index contributed by atoms with van der Waals surface area (Å²) in [7, 11) is 1.58. The summed E-state index contributed by atoms with van der Waals surface area (Å²) in [5, 5.41) is 6.10. The molecule has 1 aliphatic heterocycles. The molecule has 1 N–H and O–H groups in total. The van der Waals surface area contributed by atoms with Crippen molar-refractivity contribution in [3.8, 4) is 5.75 Å². The third-order valence-electron chi connectivity index (χ3n) is 5.40. The number of aryl methyl sites for hydroxylation is 2. The Bertz CT molecular complexity index is 1070. The number of methoxy groups -OCH3 is 1. The zero-order valence-electron chi connectivity index (χ0n) is 18.1.